The standard InChI is InChI=1S/C26H33F4N/c27-25(18-31)17-21-7-13-23(14-8-21)22-11-5-19(6-12-22)3-1-2-4-20-9-15-24(16-10-20)26(28,29)30/h9-10,15-17,19,21-23H,1-8,11-14H2. The maximum absolute atomic E-state index is 13.2. The van der Waals surface area contributed by atoms with Crippen molar-refractivity contribution in [2.24, 2.45) is 23.7 Å². The summed E-state index contributed by atoms with van der Waals surface area (Å²) in [6, 6.07) is 7.15. The molecule has 3 rings (SSSR count). The average Bonchev–Trinajstić information content (AvgIpc) is 2.77. The fourth-order valence-electron chi connectivity index (χ4n) is 5.60. The number of alkyl halides is 3. The second-order valence-corrected chi connectivity index (χ2v) is 9.52. The molecule has 0 spiro atoms. The normalized spacial score (nSPS) is 27.6. The fourth-order valence-corrected chi connectivity index (χ4v) is 5.60. The van der Waals surface area contributed by atoms with Crippen molar-refractivity contribution in [2.45, 2.75) is 83.2 Å². The van der Waals surface area contributed by atoms with Crippen LogP contribution in [0.3, 0.4) is 0 Å². The number of halogens is 4. The molecule has 31 heavy (non-hydrogen) atoms. The van der Waals surface area contributed by atoms with Gasteiger partial charge in [-0.05, 0) is 98.8 Å². The molecule has 0 unspecified atom stereocenters. The molecule has 1 aromatic carbocycles. The smallest absolute Gasteiger partial charge is 0.195 e. The summed E-state index contributed by atoms with van der Waals surface area (Å²) in [5.74, 6) is 1.94. The van der Waals surface area contributed by atoms with E-state index in [0.717, 1.165) is 68.3 Å². The van der Waals surface area contributed by atoms with E-state index in [4.69, 9.17) is 5.26 Å². The van der Waals surface area contributed by atoms with Crippen molar-refractivity contribution in [3.8, 4) is 6.07 Å². The van der Waals surface area contributed by atoms with Crippen LogP contribution in [0.15, 0.2) is 36.2 Å². The van der Waals surface area contributed by atoms with Crippen LogP contribution in [0.4, 0.5) is 17.6 Å². The van der Waals surface area contributed by atoms with Gasteiger partial charge in [0.2, 0.25) is 0 Å². The van der Waals surface area contributed by atoms with Gasteiger partial charge in [0.05, 0.1) is 5.56 Å². The Morgan fingerprint density at radius 2 is 1.48 bits per heavy atom. The fraction of sp³-hybridized carbons (Fsp3) is 0.654. The SMILES string of the molecule is N#CC(F)=CC1CCC(C2CCC(CCCCc3ccc(C(F)(F)F)cc3)CC2)CC1. The summed E-state index contributed by atoms with van der Waals surface area (Å²) in [6.45, 7) is 0. The van der Waals surface area contributed by atoms with Crippen LogP contribution in [-0.2, 0) is 12.6 Å². The first kappa shape index (κ1) is 23.8. The van der Waals surface area contributed by atoms with Crippen LogP contribution in [-0.4, -0.2) is 0 Å². The van der Waals surface area contributed by atoms with Gasteiger partial charge in [-0.25, -0.2) is 0 Å². The Bertz CT molecular complexity index is 743. The molecule has 0 amide bonds. The van der Waals surface area contributed by atoms with E-state index in [1.807, 2.05) is 0 Å². The lowest BCUT2D eigenvalue weighted by atomic mass is 9.68. The summed E-state index contributed by atoms with van der Waals surface area (Å²) in [6.07, 6.45) is 11.0. The highest BCUT2D eigenvalue weighted by Crippen LogP contribution is 2.42. The van der Waals surface area contributed by atoms with E-state index in [-0.39, 0.29) is 5.92 Å². The van der Waals surface area contributed by atoms with E-state index in [2.05, 4.69) is 0 Å². The lowest BCUT2D eigenvalue weighted by Crippen LogP contribution is -2.25. The summed E-state index contributed by atoms with van der Waals surface area (Å²) in [4.78, 5) is 0. The molecule has 0 radical (unpaired) electrons. The topological polar surface area (TPSA) is 23.8 Å². The Hall–Kier alpha value is -1.83. The number of allylic oxidation sites excluding steroid dienone is 2. The first-order valence-electron chi connectivity index (χ1n) is 11.8. The van der Waals surface area contributed by atoms with E-state index < -0.39 is 17.6 Å². The maximum Gasteiger partial charge on any atom is 0.416 e. The highest BCUT2D eigenvalue weighted by molar-refractivity contribution is 5.24. The van der Waals surface area contributed by atoms with E-state index in [0.29, 0.717) is 0 Å². The van der Waals surface area contributed by atoms with Crippen LogP contribution in [0.2, 0.25) is 0 Å². The number of aryl methyl sites for hydroxylation is 1. The molecule has 0 heterocycles. The first-order valence-corrected chi connectivity index (χ1v) is 11.8. The summed E-state index contributed by atoms with van der Waals surface area (Å²) in [7, 11) is 0. The van der Waals surface area contributed by atoms with Crippen LogP contribution in [0.1, 0.15) is 81.8 Å². The summed E-state index contributed by atoms with van der Waals surface area (Å²) >= 11 is 0. The van der Waals surface area contributed by atoms with Gasteiger partial charge < -0.3 is 0 Å². The third-order valence-corrected chi connectivity index (χ3v) is 7.47. The summed E-state index contributed by atoms with van der Waals surface area (Å²) < 4.78 is 51.0. The molecule has 0 atom stereocenters. The first-order chi connectivity index (χ1) is 14.8. The number of nitrogens with zero attached hydrogens (tertiary/aromatic N) is 1. The third-order valence-electron chi connectivity index (χ3n) is 7.47. The van der Waals surface area contributed by atoms with Crippen molar-refractivity contribution >= 4 is 0 Å². The minimum absolute atomic E-state index is 0.233. The second-order valence-electron chi connectivity index (χ2n) is 9.52. The molecule has 0 saturated heterocycles. The number of hydrogen-bond donors (Lipinski definition) is 0. The van der Waals surface area contributed by atoms with E-state index in [9.17, 15) is 17.6 Å². The van der Waals surface area contributed by atoms with Crippen LogP contribution in [0.25, 0.3) is 0 Å². The lowest BCUT2D eigenvalue weighted by Gasteiger charge is -2.37. The second kappa shape index (κ2) is 11.2. The predicted octanol–water partition coefficient (Wildman–Crippen LogP) is 8.41. The Kier molecular flexibility index (Phi) is 8.58. The molecule has 170 valence electrons. The molecule has 1 aromatic rings. The van der Waals surface area contributed by atoms with Crippen molar-refractivity contribution < 1.29 is 17.6 Å². The number of benzene rings is 1. The molecule has 0 aliphatic heterocycles. The molecule has 2 aliphatic rings. The van der Waals surface area contributed by atoms with Gasteiger partial charge in [0.15, 0.2) is 5.83 Å². The minimum Gasteiger partial charge on any atom is -0.195 e. The highest BCUT2D eigenvalue weighted by Gasteiger charge is 2.31. The summed E-state index contributed by atoms with van der Waals surface area (Å²) in [5.41, 5.74) is 0.407. The Morgan fingerprint density at radius 1 is 0.903 bits per heavy atom. The van der Waals surface area contributed by atoms with E-state index >= 15 is 0 Å². The van der Waals surface area contributed by atoms with Crippen LogP contribution in [0.5, 0.6) is 0 Å². The van der Waals surface area contributed by atoms with Gasteiger partial charge in [0.25, 0.3) is 0 Å². The molecule has 0 aromatic heterocycles. The lowest BCUT2D eigenvalue weighted by molar-refractivity contribution is -0.137. The molecular weight excluding hydrogens is 402 g/mol. The zero-order chi connectivity index (χ0) is 22.3. The molecule has 5 heteroatoms. The Morgan fingerprint density at radius 3 is 2.03 bits per heavy atom. The minimum atomic E-state index is -4.26. The highest BCUT2D eigenvalue weighted by atomic mass is 19.4. The molecular formula is C26H33F4N. The molecule has 1 nitrogen and oxygen atoms in total. The van der Waals surface area contributed by atoms with Gasteiger partial charge in [-0.15, -0.1) is 0 Å². The van der Waals surface area contributed by atoms with E-state index in [1.54, 1.807) is 18.2 Å². The monoisotopic (exact) mass is 435 g/mol. The van der Waals surface area contributed by atoms with Gasteiger partial charge in [0, 0.05) is 0 Å². The predicted molar refractivity (Wildman–Crippen MR) is 115 cm³/mol. The van der Waals surface area contributed by atoms with Crippen LogP contribution < -0.4 is 0 Å². The van der Waals surface area contributed by atoms with Gasteiger partial charge in [0.1, 0.15) is 6.07 Å². The van der Waals surface area contributed by atoms with Crippen molar-refractivity contribution in [1.82, 2.24) is 0 Å². The summed E-state index contributed by atoms with van der Waals surface area (Å²) in [5, 5.41) is 8.59. The Balaban J connectivity index is 1.30. The third kappa shape index (κ3) is 7.37. The number of rotatable bonds is 7. The molecule has 2 saturated carbocycles. The maximum atomic E-state index is 13.2. The van der Waals surface area contributed by atoms with Gasteiger partial charge in [-0.2, -0.15) is 22.8 Å². The molecule has 0 N–H and O–H groups in total. The molecule has 2 fully saturated rings. The quantitative estimate of drug-likeness (QED) is 0.240. The zero-order valence-corrected chi connectivity index (χ0v) is 18.1. The van der Waals surface area contributed by atoms with Crippen LogP contribution >= 0.6 is 0 Å². The average molecular weight is 436 g/mol. The van der Waals surface area contributed by atoms with Crippen molar-refractivity contribution in [1.29, 1.82) is 5.26 Å². The van der Waals surface area contributed by atoms with Gasteiger partial charge in [-0.3, -0.25) is 0 Å². The largest absolute Gasteiger partial charge is 0.416 e. The van der Waals surface area contributed by atoms with Crippen molar-refractivity contribution in [2.75, 3.05) is 0 Å². The van der Waals surface area contributed by atoms with Crippen molar-refractivity contribution in [3.63, 3.8) is 0 Å². The van der Waals surface area contributed by atoms with E-state index in [1.165, 1.54) is 50.3 Å². The van der Waals surface area contributed by atoms with Gasteiger partial charge >= 0.3 is 6.18 Å². The number of unbranched alkanes of at least 4 members (excludes halogenated alkanes) is 1. The van der Waals surface area contributed by atoms with Crippen molar-refractivity contribution in [3.05, 3.63) is 47.3 Å². The molecule has 2 aliphatic carbocycles. The number of hydrogen-bond acceptors (Lipinski definition) is 1. The Labute approximate surface area is 183 Å². The zero-order valence-electron chi connectivity index (χ0n) is 18.1. The molecule has 0 bridgehead atoms. The van der Waals surface area contributed by atoms with Gasteiger partial charge in [-0.1, -0.05) is 37.8 Å². The number of nitriles is 1. The van der Waals surface area contributed by atoms with Crippen LogP contribution in [0, 0.1) is 35.0 Å².